The Bertz CT molecular complexity index is 475. The van der Waals surface area contributed by atoms with Gasteiger partial charge in [-0.25, -0.2) is 4.79 Å². The van der Waals surface area contributed by atoms with E-state index in [0.717, 1.165) is 0 Å². The molecule has 116 valence electrons. The Morgan fingerprint density at radius 2 is 2.10 bits per heavy atom. The minimum Gasteiger partial charge on any atom is -0.491 e. The molecule has 0 fully saturated rings. The van der Waals surface area contributed by atoms with Gasteiger partial charge in [0, 0.05) is 12.7 Å². The van der Waals surface area contributed by atoms with E-state index in [0.29, 0.717) is 37.4 Å². The summed E-state index contributed by atoms with van der Waals surface area (Å²) < 4.78 is 10.3. The summed E-state index contributed by atoms with van der Waals surface area (Å²) in [6.07, 6.45) is 1.07. The van der Waals surface area contributed by atoms with Crippen molar-refractivity contribution in [1.82, 2.24) is 5.32 Å². The van der Waals surface area contributed by atoms with Crippen LogP contribution in [0.1, 0.15) is 30.1 Å². The van der Waals surface area contributed by atoms with Crippen LogP contribution in [-0.4, -0.2) is 43.3 Å². The molecule has 0 aromatic heterocycles. The smallest absolute Gasteiger partial charge is 0.326 e. The highest BCUT2D eigenvalue weighted by Crippen LogP contribution is 2.13. The van der Waals surface area contributed by atoms with Crippen molar-refractivity contribution >= 4 is 11.9 Å². The third-order valence-electron chi connectivity index (χ3n) is 2.83. The number of amides is 1. The Morgan fingerprint density at radius 1 is 1.33 bits per heavy atom. The number of ether oxygens (including phenoxy) is 2. The maximum Gasteiger partial charge on any atom is 0.326 e. The van der Waals surface area contributed by atoms with Crippen LogP contribution in [0.4, 0.5) is 0 Å². The summed E-state index contributed by atoms with van der Waals surface area (Å²) in [6, 6.07) is 5.74. The van der Waals surface area contributed by atoms with E-state index in [2.05, 4.69) is 5.32 Å². The summed E-state index contributed by atoms with van der Waals surface area (Å²) in [7, 11) is 1.58. The van der Waals surface area contributed by atoms with Crippen LogP contribution in [0, 0.1) is 0 Å². The molecule has 1 amide bonds. The zero-order valence-corrected chi connectivity index (χ0v) is 12.3. The SMILES string of the molecule is CCCC(NC(=O)c1cccc(OCCOC)c1)C(=O)O. The molecule has 2 N–H and O–H groups in total. The Kier molecular flexibility index (Phi) is 7.25. The molecule has 1 atom stereocenters. The number of rotatable bonds is 9. The van der Waals surface area contributed by atoms with Gasteiger partial charge in [-0.2, -0.15) is 0 Å². The van der Waals surface area contributed by atoms with E-state index in [1.54, 1.807) is 31.4 Å². The fraction of sp³-hybridized carbons (Fsp3) is 0.467. The molecule has 0 spiro atoms. The van der Waals surface area contributed by atoms with Gasteiger partial charge in [0.1, 0.15) is 18.4 Å². The van der Waals surface area contributed by atoms with Gasteiger partial charge in [-0.05, 0) is 24.6 Å². The molecular formula is C15H21NO5. The van der Waals surface area contributed by atoms with Crippen molar-refractivity contribution in [2.24, 2.45) is 0 Å². The number of carbonyl (C=O) groups is 2. The zero-order chi connectivity index (χ0) is 15.7. The first-order chi connectivity index (χ1) is 10.1. The van der Waals surface area contributed by atoms with Crippen LogP contribution in [0.2, 0.25) is 0 Å². The number of carboxylic acids is 1. The molecule has 0 bridgehead atoms. The van der Waals surface area contributed by atoms with Crippen molar-refractivity contribution in [3.63, 3.8) is 0 Å². The van der Waals surface area contributed by atoms with Gasteiger partial charge < -0.3 is 19.9 Å². The van der Waals surface area contributed by atoms with Gasteiger partial charge >= 0.3 is 5.97 Å². The summed E-state index contributed by atoms with van der Waals surface area (Å²) in [4.78, 5) is 23.1. The van der Waals surface area contributed by atoms with Gasteiger partial charge in [-0.1, -0.05) is 19.4 Å². The molecule has 1 aromatic carbocycles. The first-order valence-electron chi connectivity index (χ1n) is 6.84. The normalized spacial score (nSPS) is 11.7. The molecule has 1 unspecified atom stereocenters. The predicted molar refractivity (Wildman–Crippen MR) is 77.6 cm³/mol. The topological polar surface area (TPSA) is 84.9 Å². The van der Waals surface area contributed by atoms with Crippen molar-refractivity contribution in [3.8, 4) is 5.75 Å². The molecule has 0 saturated heterocycles. The fourth-order valence-electron chi connectivity index (χ4n) is 1.76. The van der Waals surface area contributed by atoms with Crippen LogP contribution in [0.5, 0.6) is 5.75 Å². The first kappa shape index (κ1) is 17.0. The van der Waals surface area contributed by atoms with E-state index >= 15 is 0 Å². The Balaban J connectivity index is 2.68. The molecule has 6 nitrogen and oxygen atoms in total. The van der Waals surface area contributed by atoms with E-state index in [1.807, 2.05) is 6.92 Å². The largest absolute Gasteiger partial charge is 0.491 e. The minimum absolute atomic E-state index is 0.368. The number of hydrogen-bond acceptors (Lipinski definition) is 4. The third-order valence-corrected chi connectivity index (χ3v) is 2.83. The molecular weight excluding hydrogens is 274 g/mol. The van der Waals surface area contributed by atoms with Crippen LogP contribution in [0.3, 0.4) is 0 Å². The minimum atomic E-state index is -1.03. The zero-order valence-electron chi connectivity index (χ0n) is 12.3. The predicted octanol–water partition coefficient (Wildman–Crippen LogP) is 1.69. The highest BCUT2D eigenvalue weighted by Gasteiger charge is 2.19. The number of aliphatic carboxylic acids is 1. The fourth-order valence-corrected chi connectivity index (χ4v) is 1.76. The van der Waals surface area contributed by atoms with Crippen molar-refractivity contribution in [1.29, 1.82) is 0 Å². The first-order valence-corrected chi connectivity index (χ1v) is 6.84. The van der Waals surface area contributed by atoms with Crippen LogP contribution in [0.25, 0.3) is 0 Å². The van der Waals surface area contributed by atoms with E-state index in [4.69, 9.17) is 14.6 Å². The van der Waals surface area contributed by atoms with Gasteiger partial charge in [0.05, 0.1) is 6.61 Å². The molecule has 0 aliphatic rings. The molecule has 6 heteroatoms. The molecule has 0 heterocycles. The average Bonchev–Trinajstić information content (AvgIpc) is 2.47. The lowest BCUT2D eigenvalue weighted by Gasteiger charge is -2.14. The monoisotopic (exact) mass is 295 g/mol. The van der Waals surface area contributed by atoms with Crippen LogP contribution < -0.4 is 10.1 Å². The average molecular weight is 295 g/mol. The van der Waals surface area contributed by atoms with Crippen molar-refractivity contribution in [3.05, 3.63) is 29.8 Å². The summed E-state index contributed by atoms with van der Waals surface area (Å²) in [5.41, 5.74) is 0.368. The lowest BCUT2D eigenvalue weighted by molar-refractivity contribution is -0.139. The highest BCUT2D eigenvalue weighted by atomic mass is 16.5. The maximum absolute atomic E-state index is 12.1. The molecule has 0 saturated carbocycles. The second kappa shape index (κ2) is 8.97. The molecule has 0 radical (unpaired) electrons. The van der Waals surface area contributed by atoms with Crippen LogP contribution >= 0.6 is 0 Å². The lowest BCUT2D eigenvalue weighted by Crippen LogP contribution is -2.40. The van der Waals surface area contributed by atoms with Gasteiger partial charge in [-0.15, -0.1) is 0 Å². The standard InChI is InChI=1S/C15H21NO5/c1-3-5-13(15(18)19)16-14(17)11-6-4-7-12(10-11)21-9-8-20-2/h4,6-7,10,13H,3,5,8-9H2,1-2H3,(H,16,17)(H,18,19). The second-order valence-corrected chi connectivity index (χ2v) is 4.52. The summed E-state index contributed by atoms with van der Waals surface area (Å²) in [6.45, 7) is 2.70. The van der Waals surface area contributed by atoms with Crippen molar-refractivity contribution in [2.45, 2.75) is 25.8 Å². The second-order valence-electron chi connectivity index (χ2n) is 4.52. The summed E-state index contributed by atoms with van der Waals surface area (Å²) in [5.74, 6) is -0.909. The number of carboxylic acid groups (broad SMARTS) is 1. The lowest BCUT2D eigenvalue weighted by atomic mass is 10.1. The maximum atomic E-state index is 12.1. The quantitative estimate of drug-likeness (QED) is 0.677. The number of benzene rings is 1. The van der Waals surface area contributed by atoms with E-state index in [-0.39, 0.29) is 0 Å². The van der Waals surface area contributed by atoms with E-state index in [9.17, 15) is 9.59 Å². The molecule has 1 rings (SSSR count). The van der Waals surface area contributed by atoms with E-state index < -0.39 is 17.9 Å². The molecule has 1 aromatic rings. The summed E-state index contributed by atoms with van der Waals surface area (Å²) in [5, 5.41) is 11.6. The number of nitrogens with one attached hydrogen (secondary N) is 1. The number of methoxy groups -OCH3 is 1. The molecule has 0 aliphatic heterocycles. The van der Waals surface area contributed by atoms with Gasteiger partial charge in [0.25, 0.3) is 5.91 Å². The number of hydrogen-bond donors (Lipinski definition) is 2. The molecule has 21 heavy (non-hydrogen) atoms. The van der Waals surface area contributed by atoms with Gasteiger partial charge in [0.15, 0.2) is 0 Å². The third kappa shape index (κ3) is 5.83. The van der Waals surface area contributed by atoms with Gasteiger partial charge in [0.2, 0.25) is 0 Å². The van der Waals surface area contributed by atoms with Crippen LogP contribution in [0.15, 0.2) is 24.3 Å². The Morgan fingerprint density at radius 3 is 2.71 bits per heavy atom. The van der Waals surface area contributed by atoms with Gasteiger partial charge in [-0.3, -0.25) is 4.79 Å². The Hall–Kier alpha value is -2.08. The van der Waals surface area contributed by atoms with Crippen LogP contribution in [-0.2, 0) is 9.53 Å². The highest BCUT2D eigenvalue weighted by molar-refractivity contribution is 5.96. The van der Waals surface area contributed by atoms with Crippen molar-refractivity contribution < 1.29 is 24.2 Å². The number of carbonyl (C=O) groups excluding carboxylic acids is 1. The van der Waals surface area contributed by atoms with E-state index in [1.165, 1.54) is 0 Å². The molecule has 0 aliphatic carbocycles. The Labute approximate surface area is 124 Å². The summed E-state index contributed by atoms with van der Waals surface area (Å²) >= 11 is 0. The van der Waals surface area contributed by atoms with Crippen molar-refractivity contribution in [2.75, 3.05) is 20.3 Å².